The van der Waals surface area contributed by atoms with Crippen molar-refractivity contribution < 1.29 is 22.7 Å². The number of benzene rings is 1. The summed E-state index contributed by atoms with van der Waals surface area (Å²) in [5.74, 6) is -1.34. The number of carbonyl (C=O) groups is 1. The summed E-state index contributed by atoms with van der Waals surface area (Å²) in [6.45, 7) is 11.8. The van der Waals surface area contributed by atoms with E-state index in [1.165, 1.54) is 5.56 Å². The van der Waals surface area contributed by atoms with Crippen LogP contribution in [0.4, 0.5) is 13.2 Å². The Morgan fingerprint density at radius 2 is 1.89 bits per heavy atom. The highest BCUT2D eigenvalue weighted by molar-refractivity contribution is 6.30. The Morgan fingerprint density at radius 3 is 2.41 bits per heavy atom. The predicted molar refractivity (Wildman–Crippen MR) is 101 cm³/mol. The number of rotatable bonds is 5. The fraction of sp³-hybridized carbons (Fsp3) is 0.571. The van der Waals surface area contributed by atoms with Crippen LogP contribution in [-0.2, 0) is 16.1 Å². The summed E-state index contributed by atoms with van der Waals surface area (Å²) in [4.78, 5) is 12.5. The van der Waals surface area contributed by atoms with E-state index >= 15 is 0 Å². The third-order valence-electron chi connectivity index (χ3n) is 5.62. The largest absolute Gasteiger partial charge is 0.461 e. The molecule has 1 saturated carbocycles. The molecule has 0 N–H and O–H groups in total. The summed E-state index contributed by atoms with van der Waals surface area (Å²) in [6, 6.07) is 4.08. The SMILES string of the molecule is Cc1ccc(C(C)C)c(C)c1COC(=O)C1C(/C=C(/Cl)C(F)(F)F)C1(C)C. The first-order valence-electron chi connectivity index (χ1n) is 8.98. The van der Waals surface area contributed by atoms with Gasteiger partial charge in [0.25, 0.3) is 0 Å². The standard InChI is InChI=1S/C21H26ClF3O2/c1-11(2)14-8-7-12(3)15(13(14)4)10-27-19(26)18-16(20(18,5)6)9-17(22)21(23,24)25/h7-9,11,16,18H,10H2,1-6H3/b17-9+. The highest BCUT2D eigenvalue weighted by Crippen LogP contribution is 2.60. The minimum atomic E-state index is -4.60. The minimum absolute atomic E-state index is 0.118. The molecule has 2 nitrogen and oxygen atoms in total. The smallest absolute Gasteiger partial charge is 0.426 e. The van der Waals surface area contributed by atoms with Crippen molar-refractivity contribution in [2.75, 3.05) is 0 Å². The molecule has 6 heteroatoms. The van der Waals surface area contributed by atoms with E-state index in [4.69, 9.17) is 16.3 Å². The van der Waals surface area contributed by atoms with Crippen molar-refractivity contribution in [2.45, 2.75) is 60.2 Å². The molecular weight excluding hydrogens is 377 g/mol. The number of halogens is 4. The van der Waals surface area contributed by atoms with Crippen LogP contribution in [0.15, 0.2) is 23.2 Å². The number of carbonyl (C=O) groups excluding carboxylic acids is 1. The van der Waals surface area contributed by atoms with Gasteiger partial charge in [0, 0.05) is 0 Å². The lowest BCUT2D eigenvalue weighted by atomic mass is 9.92. The summed E-state index contributed by atoms with van der Waals surface area (Å²) < 4.78 is 43.5. The fourth-order valence-electron chi connectivity index (χ4n) is 3.68. The number of alkyl halides is 3. The Kier molecular flexibility index (Phi) is 6.05. The van der Waals surface area contributed by atoms with E-state index in [9.17, 15) is 18.0 Å². The Labute approximate surface area is 163 Å². The molecule has 0 saturated heterocycles. The second kappa shape index (κ2) is 7.50. The van der Waals surface area contributed by atoms with Gasteiger partial charge in [-0.2, -0.15) is 13.2 Å². The van der Waals surface area contributed by atoms with Crippen LogP contribution in [0.2, 0.25) is 0 Å². The molecule has 0 radical (unpaired) electrons. The molecule has 27 heavy (non-hydrogen) atoms. The molecule has 2 unspecified atom stereocenters. The van der Waals surface area contributed by atoms with Gasteiger partial charge in [-0.1, -0.05) is 57.5 Å². The lowest BCUT2D eigenvalue weighted by Crippen LogP contribution is -2.12. The average Bonchev–Trinajstić information content (AvgIpc) is 3.06. The maximum Gasteiger partial charge on any atom is 0.426 e. The van der Waals surface area contributed by atoms with Crippen molar-refractivity contribution >= 4 is 17.6 Å². The Balaban J connectivity index is 2.12. The second-order valence-electron chi connectivity index (χ2n) is 8.17. The molecule has 0 bridgehead atoms. The van der Waals surface area contributed by atoms with Gasteiger partial charge < -0.3 is 4.74 Å². The van der Waals surface area contributed by atoms with E-state index in [1.54, 1.807) is 13.8 Å². The van der Waals surface area contributed by atoms with Crippen molar-refractivity contribution in [3.63, 3.8) is 0 Å². The normalized spacial score (nSPS) is 22.1. The molecule has 1 fully saturated rings. The molecule has 0 aromatic heterocycles. The molecule has 1 aliphatic carbocycles. The lowest BCUT2D eigenvalue weighted by Gasteiger charge is -2.17. The van der Waals surface area contributed by atoms with Gasteiger partial charge in [0.1, 0.15) is 11.6 Å². The van der Waals surface area contributed by atoms with Gasteiger partial charge >= 0.3 is 12.1 Å². The van der Waals surface area contributed by atoms with E-state index in [2.05, 4.69) is 19.9 Å². The van der Waals surface area contributed by atoms with E-state index < -0.39 is 34.4 Å². The zero-order valence-electron chi connectivity index (χ0n) is 16.5. The van der Waals surface area contributed by atoms with Gasteiger partial charge in [-0.3, -0.25) is 4.79 Å². The number of hydrogen-bond donors (Lipinski definition) is 0. The maximum atomic E-state index is 12.7. The van der Waals surface area contributed by atoms with Gasteiger partial charge in [-0.05, 0) is 53.4 Å². The molecule has 2 atom stereocenters. The summed E-state index contributed by atoms with van der Waals surface area (Å²) in [5, 5.41) is -1.19. The number of aryl methyl sites for hydroxylation is 1. The number of esters is 1. The first-order chi connectivity index (χ1) is 12.3. The molecule has 150 valence electrons. The number of hydrogen-bond acceptors (Lipinski definition) is 2. The summed E-state index contributed by atoms with van der Waals surface area (Å²) in [5.41, 5.74) is 3.65. The number of allylic oxidation sites excluding steroid dienone is 2. The molecule has 1 aliphatic rings. The highest BCUT2D eigenvalue weighted by Gasteiger charge is 2.62. The zero-order valence-corrected chi connectivity index (χ0v) is 17.3. The quantitative estimate of drug-likeness (QED) is 0.530. The van der Waals surface area contributed by atoms with Crippen LogP contribution in [0.3, 0.4) is 0 Å². The summed E-state index contributed by atoms with van der Waals surface area (Å²) >= 11 is 5.33. The van der Waals surface area contributed by atoms with Crippen molar-refractivity contribution in [1.29, 1.82) is 0 Å². The van der Waals surface area contributed by atoms with Crippen LogP contribution in [0.1, 0.15) is 55.9 Å². The van der Waals surface area contributed by atoms with E-state index in [1.807, 2.05) is 19.9 Å². The van der Waals surface area contributed by atoms with Crippen LogP contribution in [0.25, 0.3) is 0 Å². The van der Waals surface area contributed by atoms with Crippen LogP contribution in [0.5, 0.6) is 0 Å². The molecule has 0 amide bonds. The Morgan fingerprint density at radius 1 is 1.30 bits per heavy atom. The molecule has 0 spiro atoms. The van der Waals surface area contributed by atoms with Crippen LogP contribution in [-0.4, -0.2) is 12.1 Å². The van der Waals surface area contributed by atoms with Crippen molar-refractivity contribution in [1.82, 2.24) is 0 Å². The molecule has 0 heterocycles. The van der Waals surface area contributed by atoms with Gasteiger partial charge in [0.2, 0.25) is 0 Å². The topological polar surface area (TPSA) is 26.3 Å². The van der Waals surface area contributed by atoms with E-state index in [0.717, 1.165) is 22.8 Å². The zero-order chi connectivity index (χ0) is 20.7. The first-order valence-corrected chi connectivity index (χ1v) is 9.36. The van der Waals surface area contributed by atoms with Crippen LogP contribution < -0.4 is 0 Å². The van der Waals surface area contributed by atoms with Gasteiger partial charge in [-0.15, -0.1) is 0 Å². The molecule has 1 aromatic carbocycles. The van der Waals surface area contributed by atoms with Crippen LogP contribution >= 0.6 is 11.6 Å². The van der Waals surface area contributed by atoms with Crippen molar-refractivity contribution in [2.24, 2.45) is 17.3 Å². The molecule has 0 aliphatic heterocycles. The molecule has 1 aromatic rings. The highest BCUT2D eigenvalue weighted by atomic mass is 35.5. The lowest BCUT2D eigenvalue weighted by molar-refractivity contribution is -0.147. The minimum Gasteiger partial charge on any atom is -0.461 e. The fourth-order valence-corrected chi connectivity index (χ4v) is 3.82. The van der Waals surface area contributed by atoms with Crippen molar-refractivity contribution in [3.8, 4) is 0 Å². The van der Waals surface area contributed by atoms with E-state index in [-0.39, 0.29) is 6.61 Å². The predicted octanol–water partition coefficient (Wildman–Crippen LogP) is 6.43. The third kappa shape index (κ3) is 4.50. The molecule has 2 rings (SSSR count). The van der Waals surface area contributed by atoms with Crippen LogP contribution in [0, 0.1) is 31.1 Å². The summed E-state index contributed by atoms with van der Waals surface area (Å²) in [7, 11) is 0. The first kappa shape index (κ1) is 21.8. The maximum absolute atomic E-state index is 12.7. The van der Waals surface area contributed by atoms with Gasteiger partial charge in [0.05, 0.1) is 5.92 Å². The van der Waals surface area contributed by atoms with Crippen molar-refractivity contribution in [3.05, 3.63) is 45.5 Å². The second-order valence-corrected chi connectivity index (χ2v) is 8.58. The van der Waals surface area contributed by atoms with Gasteiger partial charge in [-0.25, -0.2) is 0 Å². The average molecular weight is 403 g/mol. The third-order valence-corrected chi connectivity index (χ3v) is 5.96. The Hall–Kier alpha value is -1.49. The monoisotopic (exact) mass is 402 g/mol. The van der Waals surface area contributed by atoms with E-state index in [0.29, 0.717) is 5.92 Å². The number of ether oxygens (including phenoxy) is 1. The Bertz CT molecular complexity index is 763. The summed E-state index contributed by atoms with van der Waals surface area (Å²) in [6.07, 6.45) is -3.66. The molecular formula is C21H26ClF3O2. The van der Waals surface area contributed by atoms with Gasteiger partial charge in [0.15, 0.2) is 0 Å².